The van der Waals surface area contributed by atoms with Gasteiger partial charge in [0.1, 0.15) is 11.4 Å². The van der Waals surface area contributed by atoms with Crippen molar-refractivity contribution >= 4 is 0 Å². The van der Waals surface area contributed by atoms with Gasteiger partial charge in [-0.25, -0.2) is 0 Å². The minimum absolute atomic E-state index is 0.0414. The zero-order valence-electron chi connectivity index (χ0n) is 16.7. The monoisotopic (exact) mass is 369 g/mol. The molecule has 0 bridgehead atoms. The number of fused-ring (bicyclic) bond motifs is 1. The first-order valence-corrected chi connectivity index (χ1v) is 11.3. The molecule has 1 aromatic rings. The van der Waals surface area contributed by atoms with Gasteiger partial charge in [-0.05, 0) is 63.6 Å². The highest BCUT2D eigenvalue weighted by Gasteiger charge is 2.43. The van der Waals surface area contributed by atoms with Gasteiger partial charge in [-0.15, -0.1) is 0 Å². The number of benzene rings is 1. The molecule has 5 rings (SSSR count). The van der Waals surface area contributed by atoms with Crippen LogP contribution in [-0.4, -0.2) is 61.2 Å². The second kappa shape index (κ2) is 7.73. The van der Waals surface area contributed by atoms with Gasteiger partial charge in [0.05, 0.1) is 0 Å². The average molecular weight is 370 g/mol. The van der Waals surface area contributed by atoms with Crippen molar-refractivity contribution in [2.24, 2.45) is 5.92 Å². The molecule has 4 heteroatoms. The predicted octanol–water partition coefficient (Wildman–Crippen LogP) is 3.44. The fraction of sp³-hybridized carbons (Fsp3) is 0.739. The number of nitrogens with one attached hydrogen (secondary N) is 1. The third-order valence-corrected chi connectivity index (χ3v) is 7.20. The van der Waals surface area contributed by atoms with Crippen molar-refractivity contribution in [2.45, 2.75) is 56.6 Å². The molecule has 4 aliphatic rings. The van der Waals surface area contributed by atoms with Crippen LogP contribution >= 0.6 is 0 Å². The van der Waals surface area contributed by atoms with Crippen LogP contribution in [0.5, 0.6) is 5.75 Å². The lowest BCUT2D eigenvalue weighted by molar-refractivity contribution is -0.0262. The quantitative estimate of drug-likeness (QED) is 0.831. The molecule has 0 amide bonds. The molecule has 1 saturated carbocycles. The van der Waals surface area contributed by atoms with Gasteiger partial charge in [0.2, 0.25) is 0 Å². The van der Waals surface area contributed by atoms with Crippen LogP contribution in [0.15, 0.2) is 24.3 Å². The molecule has 3 aliphatic heterocycles. The Kier molecular flexibility index (Phi) is 5.14. The summed E-state index contributed by atoms with van der Waals surface area (Å²) in [6.45, 7) is 8.58. The van der Waals surface area contributed by atoms with Gasteiger partial charge in [-0.1, -0.05) is 18.2 Å². The van der Waals surface area contributed by atoms with Crippen molar-refractivity contribution in [3.63, 3.8) is 0 Å². The Bertz CT molecular complexity index is 630. The van der Waals surface area contributed by atoms with Crippen molar-refractivity contribution in [1.29, 1.82) is 0 Å². The average Bonchev–Trinajstić information content (AvgIpc) is 3.35. The fourth-order valence-electron chi connectivity index (χ4n) is 5.32. The Morgan fingerprint density at radius 3 is 2.56 bits per heavy atom. The Morgan fingerprint density at radius 2 is 1.78 bits per heavy atom. The molecule has 2 saturated heterocycles. The number of ether oxygens (including phenoxy) is 1. The van der Waals surface area contributed by atoms with E-state index in [0.717, 1.165) is 24.6 Å². The second-order valence-electron chi connectivity index (χ2n) is 9.33. The van der Waals surface area contributed by atoms with Gasteiger partial charge in [0.25, 0.3) is 0 Å². The Balaban J connectivity index is 1.23. The number of para-hydroxylation sites is 1. The third-order valence-electron chi connectivity index (χ3n) is 7.20. The molecule has 1 atom stereocenters. The van der Waals surface area contributed by atoms with Gasteiger partial charge in [0, 0.05) is 50.7 Å². The summed E-state index contributed by atoms with van der Waals surface area (Å²) in [6.07, 6.45) is 9.14. The summed E-state index contributed by atoms with van der Waals surface area (Å²) in [5.41, 5.74) is 1.41. The van der Waals surface area contributed by atoms with Crippen molar-refractivity contribution in [1.82, 2.24) is 15.1 Å². The predicted molar refractivity (Wildman–Crippen MR) is 109 cm³/mol. The molecule has 1 spiro atoms. The number of likely N-dealkylation sites (tertiary alicyclic amines) is 2. The van der Waals surface area contributed by atoms with Crippen LogP contribution in [0, 0.1) is 5.92 Å². The lowest BCUT2D eigenvalue weighted by atomic mass is 9.80. The van der Waals surface area contributed by atoms with E-state index in [4.69, 9.17) is 4.74 Å². The van der Waals surface area contributed by atoms with Crippen LogP contribution in [0.1, 0.15) is 56.6 Å². The molecule has 4 nitrogen and oxygen atoms in total. The van der Waals surface area contributed by atoms with E-state index < -0.39 is 0 Å². The summed E-state index contributed by atoms with van der Waals surface area (Å²) in [5.74, 6) is 2.12. The van der Waals surface area contributed by atoms with E-state index in [1.807, 2.05) is 0 Å². The maximum Gasteiger partial charge on any atom is 0.124 e. The molecular weight excluding hydrogens is 334 g/mol. The van der Waals surface area contributed by atoms with E-state index in [9.17, 15) is 0 Å². The highest BCUT2D eigenvalue weighted by molar-refractivity contribution is 5.39. The van der Waals surface area contributed by atoms with Gasteiger partial charge < -0.3 is 19.9 Å². The number of rotatable bonds is 6. The van der Waals surface area contributed by atoms with Gasteiger partial charge >= 0.3 is 0 Å². The van der Waals surface area contributed by atoms with Crippen LogP contribution in [-0.2, 0) is 0 Å². The number of hydrogen-bond acceptors (Lipinski definition) is 4. The molecule has 3 heterocycles. The van der Waals surface area contributed by atoms with E-state index >= 15 is 0 Å². The molecule has 1 N–H and O–H groups in total. The van der Waals surface area contributed by atoms with Crippen LogP contribution in [0.25, 0.3) is 0 Å². The maximum absolute atomic E-state index is 6.66. The highest BCUT2D eigenvalue weighted by Crippen LogP contribution is 2.44. The van der Waals surface area contributed by atoms with E-state index in [2.05, 4.69) is 39.4 Å². The molecule has 27 heavy (non-hydrogen) atoms. The molecule has 1 aliphatic carbocycles. The third kappa shape index (κ3) is 4.18. The lowest BCUT2D eigenvalue weighted by Gasteiger charge is -2.47. The van der Waals surface area contributed by atoms with E-state index in [1.165, 1.54) is 83.4 Å². The highest BCUT2D eigenvalue weighted by atomic mass is 16.5. The molecule has 148 valence electrons. The van der Waals surface area contributed by atoms with Crippen LogP contribution in [0.2, 0.25) is 0 Å². The zero-order valence-corrected chi connectivity index (χ0v) is 16.7. The summed E-state index contributed by atoms with van der Waals surface area (Å²) < 4.78 is 6.66. The minimum Gasteiger partial charge on any atom is -0.487 e. The smallest absolute Gasteiger partial charge is 0.124 e. The summed E-state index contributed by atoms with van der Waals surface area (Å²) in [5, 5.41) is 3.89. The van der Waals surface area contributed by atoms with Crippen molar-refractivity contribution in [2.75, 3.05) is 45.8 Å². The lowest BCUT2D eigenvalue weighted by Crippen LogP contribution is -2.52. The zero-order chi connectivity index (χ0) is 18.1. The number of piperidine rings is 1. The standard InChI is InChI=1S/C23H35N3O/c1-2-6-22-20(5-1)21(24-11-16-25-12-3-4-13-25)17-23(27-22)9-14-26(15-10-23)18-19-7-8-19/h1-2,5-6,19,21,24H,3-4,7-18H2. The number of hydrogen-bond donors (Lipinski definition) is 1. The van der Waals surface area contributed by atoms with Crippen molar-refractivity contribution in [3.05, 3.63) is 29.8 Å². The van der Waals surface area contributed by atoms with Gasteiger partial charge in [0.15, 0.2) is 0 Å². The first-order valence-electron chi connectivity index (χ1n) is 11.3. The summed E-state index contributed by atoms with van der Waals surface area (Å²) in [4.78, 5) is 5.28. The topological polar surface area (TPSA) is 27.7 Å². The largest absolute Gasteiger partial charge is 0.487 e. The first kappa shape index (κ1) is 18.0. The molecular formula is C23H35N3O. The molecule has 1 aromatic carbocycles. The van der Waals surface area contributed by atoms with Crippen molar-refractivity contribution < 1.29 is 4.74 Å². The Labute approximate surface area is 164 Å². The normalized spacial score (nSPS) is 28.2. The molecule has 1 unspecified atom stereocenters. The molecule has 3 fully saturated rings. The Hall–Kier alpha value is -1.10. The number of nitrogens with zero attached hydrogens (tertiary/aromatic N) is 2. The maximum atomic E-state index is 6.66. The molecule has 0 aromatic heterocycles. The second-order valence-corrected chi connectivity index (χ2v) is 9.33. The van der Waals surface area contributed by atoms with Crippen molar-refractivity contribution in [3.8, 4) is 5.75 Å². The van der Waals surface area contributed by atoms with Crippen LogP contribution in [0.3, 0.4) is 0 Å². The van der Waals surface area contributed by atoms with Crippen LogP contribution in [0.4, 0.5) is 0 Å². The summed E-state index contributed by atoms with van der Waals surface area (Å²) in [6, 6.07) is 9.17. The minimum atomic E-state index is 0.0414. The van der Waals surface area contributed by atoms with E-state index in [1.54, 1.807) is 0 Å². The van der Waals surface area contributed by atoms with Crippen LogP contribution < -0.4 is 10.1 Å². The molecule has 0 radical (unpaired) electrons. The first-order chi connectivity index (χ1) is 13.3. The Morgan fingerprint density at radius 1 is 1.00 bits per heavy atom. The summed E-state index contributed by atoms with van der Waals surface area (Å²) >= 11 is 0. The SMILES string of the molecule is c1ccc2c(c1)OC1(CCN(CC3CC3)CC1)CC2NCCN1CCCC1. The van der Waals surface area contributed by atoms with E-state index in [-0.39, 0.29) is 5.60 Å². The summed E-state index contributed by atoms with van der Waals surface area (Å²) in [7, 11) is 0. The van der Waals surface area contributed by atoms with Gasteiger partial charge in [-0.3, -0.25) is 0 Å². The fourth-order valence-corrected chi connectivity index (χ4v) is 5.32. The van der Waals surface area contributed by atoms with E-state index in [0.29, 0.717) is 6.04 Å². The van der Waals surface area contributed by atoms with Gasteiger partial charge in [-0.2, -0.15) is 0 Å².